The molecule has 0 saturated carbocycles. The summed E-state index contributed by atoms with van der Waals surface area (Å²) in [5.41, 5.74) is 2.32. The van der Waals surface area contributed by atoms with Gasteiger partial charge in [0.2, 0.25) is 0 Å². The molecule has 0 spiro atoms. The van der Waals surface area contributed by atoms with Gasteiger partial charge in [0.25, 0.3) is 10.0 Å². The molecule has 1 heterocycles. The number of unbranched alkanes of at least 4 members (excludes halogenated alkanes) is 1. The minimum absolute atomic E-state index is 0.0478. The molecule has 0 amide bonds. The molecule has 1 aromatic heterocycles. The molecule has 0 fully saturated rings. The van der Waals surface area contributed by atoms with Gasteiger partial charge >= 0.3 is 11.9 Å². The van der Waals surface area contributed by atoms with Gasteiger partial charge in [0.1, 0.15) is 6.04 Å². The summed E-state index contributed by atoms with van der Waals surface area (Å²) in [6.07, 6.45) is 6.08. The third-order valence-electron chi connectivity index (χ3n) is 5.13. The summed E-state index contributed by atoms with van der Waals surface area (Å²) >= 11 is 0. The van der Waals surface area contributed by atoms with Crippen molar-refractivity contribution in [3.63, 3.8) is 0 Å². The lowest BCUT2D eigenvalue weighted by atomic mass is 9.98. The minimum atomic E-state index is -4.05. The third-order valence-corrected chi connectivity index (χ3v) is 6.92. The second kappa shape index (κ2) is 13.0. The van der Waals surface area contributed by atoms with Gasteiger partial charge in [0, 0.05) is 25.7 Å². The number of pyridine rings is 1. The van der Waals surface area contributed by atoms with Crippen LogP contribution in [0.3, 0.4) is 0 Å². The van der Waals surface area contributed by atoms with E-state index in [0.717, 1.165) is 22.7 Å². The van der Waals surface area contributed by atoms with Gasteiger partial charge in [-0.3, -0.25) is 4.79 Å². The molecule has 0 bridgehead atoms. The average Bonchev–Trinajstić information content (AvgIpc) is 2.82. The van der Waals surface area contributed by atoms with Crippen molar-refractivity contribution in [1.29, 1.82) is 0 Å². The van der Waals surface area contributed by atoms with E-state index in [1.54, 1.807) is 25.1 Å². The first-order valence-electron chi connectivity index (χ1n) is 11.2. The summed E-state index contributed by atoms with van der Waals surface area (Å²) in [4.78, 5) is 28.8. The Morgan fingerprint density at radius 1 is 1.15 bits per heavy atom. The fraction of sp³-hybridized carbons (Fsp3) is 0.400. The molecule has 8 nitrogen and oxygen atoms in total. The zero-order valence-electron chi connectivity index (χ0n) is 20.1. The lowest BCUT2D eigenvalue weighted by Gasteiger charge is -2.26. The van der Waals surface area contributed by atoms with E-state index in [9.17, 15) is 18.0 Å². The highest BCUT2D eigenvalue weighted by Crippen LogP contribution is 2.22. The summed E-state index contributed by atoms with van der Waals surface area (Å²) in [5, 5.41) is -0.161. The highest BCUT2D eigenvalue weighted by atomic mass is 32.2. The first-order chi connectivity index (χ1) is 16.2. The minimum Gasteiger partial charge on any atom is -0.465 e. The summed E-state index contributed by atoms with van der Waals surface area (Å²) in [7, 11) is -2.72. The van der Waals surface area contributed by atoms with Crippen LogP contribution in [-0.4, -0.2) is 55.9 Å². The SMILES string of the molecule is CCCCOC(=O)/C=C/c1cc(C)ccc1C[C@@H](C(=O)OCC)N(C)S(=O)(=O)c1ccccn1. The topological polar surface area (TPSA) is 103 Å². The van der Waals surface area contributed by atoms with Gasteiger partial charge in [0.15, 0.2) is 5.03 Å². The molecule has 0 unspecified atom stereocenters. The van der Waals surface area contributed by atoms with Crippen LogP contribution in [0.5, 0.6) is 0 Å². The number of esters is 2. The predicted molar refractivity (Wildman–Crippen MR) is 129 cm³/mol. The van der Waals surface area contributed by atoms with Crippen molar-refractivity contribution in [2.75, 3.05) is 20.3 Å². The van der Waals surface area contributed by atoms with E-state index < -0.39 is 28.0 Å². The van der Waals surface area contributed by atoms with E-state index in [4.69, 9.17) is 9.47 Å². The van der Waals surface area contributed by atoms with Crippen molar-refractivity contribution in [3.05, 3.63) is 65.4 Å². The Labute approximate surface area is 201 Å². The Kier molecular flexibility index (Phi) is 10.4. The highest BCUT2D eigenvalue weighted by Gasteiger charge is 2.35. The van der Waals surface area contributed by atoms with E-state index in [0.29, 0.717) is 17.7 Å². The fourth-order valence-electron chi connectivity index (χ4n) is 3.20. The monoisotopic (exact) mass is 488 g/mol. The third kappa shape index (κ3) is 7.50. The van der Waals surface area contributed by atoms with E-state index >= 15 is 0 Å². The number of hydrogen-bond donors (Lipinski definition) is 0. The Bertz CT molecular complexity index is 1100. The molecule has 0 aliphatic rings. The number of nitrogens with zero attached hydrogens (tertiary/aromatic N) is 2. The van der Waals surface area contributed by atoms with Crippen LogP contribution in [0.4, 0.5) is 0 Å². The summed E-state index contributed by atoms with van der Waals surface area (Å²) in [6, 6.07) is 8.96. The molecule has 9 heteroatoms. The van der Waals surface area contributed by atoms with E-state index in [1.807, 2.05) is 32.0 Å². The fourth-order valence-corrected chi connectivity index (χ4v) is 4.44. The van der Waals surface area contributed by atoms with E-state index in [2.05, 4.69) is 4.98 Å². The molecule has 0 radical (unpaired) electrons. The van der Waals surface area contributed by atoms with Crippen LogP contribution in [0.25, 0.3) is 6.08 Å². The summed E-state index contributed by atoms with van der Waals surface area (Å²) in [5.74, 6) is -1.13. The zero-order chi connectivity index (χ0) is 25.1. The number of sulfonamides is 1. The second-order valence-electron chi connectivity index (χ2n) is 7.72. The van der Waals surface area contributed by atoms with Gasteiger partial charge in [-0.2, -0.15) is 4.31 Å². The maximum Gasteiger partial charge on any atom is 0.330 e. The number of likely N-dealkylation sites (N-methyl/N-ethyl adjacent to an activating group) is 1. The number of carbonyl (C=O) groups excluding carboxylic acids is 2. The van der Waals surface area contributed by atoms with Crippen LogP contribution in [0.1, 0.15) is 43.4 Å². The van der Waals surface area contributed by atoms with E-state index in [-0.39, 0.29) is 18.1 Å². The van der Waals surface area contributed by atoms with Crippen molar-refractivity contribution in [1.82, 2.24) is 9.29 Å². The largest absolute Gasteiger partial charge is 0.465 e. The van der Waals surface area contributed by atoms with Crippen molar-refractivity contribution in [3.8, 4) is 0 Å². The first-order valence-corrected chi connectivity index (χ1v) is 12.6. The molecule has 184 valence electrons. The summed E-state index contributed by atoms with van der Waals surface area (Å²) in [6.45, 7) is 6.03. The number of hydrogen-bond acceptors (Lipinski definition) is 7. The van der Waals surface area contributed by atoms with Crippen molar-refractivity contribution >= 4 is 28.0 Å². The van der Waals surface area contributed by atoms with Gasteiger partial charge in [-0.1, -0.05) is 43.2 Å². The first kappa shape index (κ1) is 27.2. The molecular formula is C25H32N2O6S. The van der Waals surface area contributed by atoms with Crippen molar-refractivity contribution in [2.24, 2.45) is 0 Å². The Hall–Kier alpha value is -3.04. The van der Waals surface area contributed by atoms with Crippen LogP contribution in [-0.2, 0) is 35.5 Å². The molecule has 0 N–H and O–H groups in total. The molecule has 0 aliphatic heterocycles. The number of carbonyl (C=O) groups is 2. The lowest BCUT2D eigenvalue weighted by molar-refractivity contribution is -0.147. The average molecular weight is 489 g/mol. The van der Waals surface area contributed by atoms with Crippen LogP contribution < -0.4 is 0 Å². The predicted octanol–water partition coefficient (Wildman–Crippen LogP) is 3.54. The highest BCUT2D eigenvalue weighted by molar-refractivity contribution is 7.89. The smallest absolute Gasteiger partial charge is 0.330 e. The van der Waals surface area contributed by atoms with E-state index in [1.165, 1.54) is 25.4 Å². The molecule has 1 atom stereocenters. The van der Waals surface area contributed by atoms with Gasteiger partial charge < -0.3 is 9.47 Å². The molecule has 1 aromatic carbocycles. The standard InChI is InChI=1S/C25H32N2O6S/c1-5-7-16-33-24(28)14-13-20-17-19(3)11-12-21(20)18-22(25(29)32-6-2)27(4)34(30,31)23-10-8-9-15-26-23/h8-15,17,22H,5-7,16,18H2,1-4H3/b14-13+/t22-/m0/s1. The normalized spacial score (nSPS) is 12.6. The summed E-state index contributed by atoms with van der Waals surface area (Å²) < 4.78 is 37.6. The van der Waals surface area contributed by atoms with Crippen LogP contribution in [0.15, 0.2) is 53.7 Å². The molecular weight excluding hydrogens is 456 g/mol. The number of ether oxygens (including phenoxy) is 2. The van der Waals surface area contributed by atoms with Gasteiger partial charge in [0.05, 0.1) is 13.2 Å². The number of benzene rings is 1. The molecule has 34 heavy (non-hydrogen) atoms. The maximum absolute atomic E-state index is 13.1. The molecule has 0 aliphatic carbocycles. The number of rotatable bonds is 12. The van der Waals surface area contributed by atoms with Crippen LogP contribution in [0.2, 0.25) is 0 Å². The van der Waals surface area contributed by atoms with Crippen molar-refractivity contribution < 1.29 is 27.5 Å². The number of aromatic nitrogens is 1. The van der Waals surface area contributed by atoms with Gasteiger partial charge in [-0.15, -0.1) is 0 Å². The van der Waals surface area contributed by atoms with Gasteiger partial charge in [-0.05, 0) is 49.6 Å². The van der Waals surface area contributed by atoms with Gasteiger partial charge in [-0.25, -0.2) is 18.2 Å². The van der Waals surface area contributed by atoms with Crippen molar-refractivity contribution in [2.45, 2.75) is 51.1 Å². The Morgan fingerprint density at radius 2 is 1.91 bits per heavy atom. The molecule has 2 aromatic rings. The molecule has 2 rings (SSSR count). The second-order valence-corrected chi connectivity index (χ2v) is 9.66. The Balaban J connectivity index is 2.37. The van der Waals surface area contributed by atoms with Crippen LogP contribution in [0, 0.1) is 6.92 Å². The molecule has 0 saturated heterocycles. The lowest BCUT2D eigenvalue weighted by Crippen LogP contribution is -2.45. The number of aryl methyl sites for hydroxylation is 1. The Morgan fingerprint density at radius 3 is 2.56 bits per heavy atom. The maximum atomic E-state index is 13.1. The van der Waals surface area contributed by atoms with Crippen LogP contribution >= 0.6 is 0 Å². The zero-order valence-corrected chi connectivity index (χ0v) is 20.9. The quantitative estimate of drug-likeness (QED) is 0.256.